The van der Waals surface area contributed by atoms with Gasteiger partial charge in [-0.05, 0) is 26.2 Å². The zero-order valence-electron chi connectivity index (χ0n) is 9.55. The lowest BCUT2D eigenvalue weighted by molar-refractivity contribution is -0.126. The normalized spacial score (nSPS) is 25.6. The molecule has 0 aliphatic heterocycles. The van der Waals surface area contributed by atoms with E-state index >= 15 is 0 Å². The van der Waals surface area contributed by atoms with Crippen LogP contribution in [0.15, 0.2) is 23.9 Å². The molecule has 3 N–H and O–H groups in total. The van der Waals surface area contributed by atoms with Crippen LogP contribution < -0.4 is 11.1 Å². The molecular formula is C12H20N2O. The minimum Gasteiger partial charge on any atom is -0.401 e. The van der Waals surface area contributed by atoms with E-state index in [0.717, 1.165) is 19.3 Å². The van der Waals surface area contributed by atoms with E-state index in [1.807, 2.05) is 32.1 Å². The largest absolute Gasteiger partial charge is 0.401 e. The number of carbonyl (C=O) groups is 1. The first-order valence-electron chi connectivity index (χ1n) is 5.53. The van der Waals surface area contributed by atoms with Gasteiger partial charge in [-0.1, -0.05) is 25.2 Å². The van der Waals surface area contributed by atoms with E-state index in [4.69, 9.17) is 5.73 Å². The molecule has 15 heavy (non-hydrogen) atoms. The molecular weight excluding hydrogens is 188 g/mol. The molecule has 1 amide bonds. The molecule has 1 unspecified atom stereocenters. The first kappa shape index (κ1) is 11.8. The summed E-state index contributed by atoms with van der Waals surface area (Å²) in [5, 5.41) is 2.89. The van der Waals surface area contributed by atoms with Gasteiger partial charge in [-0.2, -0.15) is 0 Å². The average Bonchev–Trinajstić information content (AvgIpc) is 2.39. The molecule has 0 saturated heterocycles. The summed E-state index contributed by atoms with van der Waals surface area (Å²) < 4.78 is 0. The van der Waals surface area contributed by atoms with Crippen molar-refractivity contribution in [2.45, 2.75) is 33.1 Å². The molecule has 1 rings (SSSR count). The van der Waals surface area contributed by atoms with Crippen LogP contribution in [0.2, 0.25) is 0 Å². The molecule has 0 heterocycles. The second kappa shape index (κ2) is 5.01. The van der Waals surface area contributed by atoms with Gasteiger partial charge in [-0.3, -0.25) is 4.79 Å². The third-order valence-corrected chi connectivity index (χ3v) is 2.76. The van der Waals surface area contributed by atoms with Crippen LogP contribution >= 0.6 is 0 Å². The van der Waals surface area contributed by atoms with E-state index in [0.29, 0.717) is 12.2 Å². The number of nitrogens with two attached hydrogens (primary N) is 1. The van der Waals surface area contributed by atoms with Crippen molar-refractivity contribution in [1.29, 1.82) is 0 Å². The summed E-state index contributed by atoms with van der Waals surface area (Å²) in [6.45, 7) is 4.60. The van der Waals surface area contributed by atoms with Crippen molar-refractivity contribution < 1.29 is 4.79 Å². The molecule has 0 fully saturated rings. The van der Waals surface area contributed by atoms with Gasteiger partial charge in [0.15, 0.2) is 0 Å². The van der Waals surface area contributed by atoms with E-state index in [1.165, 1.54) is 0 Å². The van der Waals surface area contributed by atoms with Crippen LogP contribution in [0.25, 0.3) is 0 Å². The fraction of sp³-hybridized carbons (Fsp3) is 0.583. The summed E-state index contributed by atoms with van der Waals surface area (Å²) in [4.78, 5) is 12.0. The van der Waals surface area contributed by atoms with Crippen molar-refractivity contribution in [2.75, 3.05) is 6.54 Å². The van der Waals surface area contributed by atoms with E-state index in [1.54, 1.807) is 0 Å². The SMILES string of the molecule is CCCNC(=O)C1(C)C=CCCC=C1N. The minimum absolute atomic E-state index is 0.00347. The molecule has 0 radical (unpaired) electrons. The Morgan fingerprint density at radius 2 is 2.33 bits per heavy atom. The van der Waals surface area contributed by atoms with Crippen molar-refractivity contribution in [2.24, 2.45) is 11.1 Å². The van der Waals surface area contributed by atoms with Crippen molar-refractivity contribution in [3.63, 3.8) is 0 Å². The summed E-state index contributed by atoms with van der Waals surface area (Å²) in [5.74, 6) is -0.00347. The molecule has 3 nitrogen and oxygen atoms in total. The van der Waals surface area contributed by atoms with E-state index < -0.39 is 5.41 Å². The van der Waals surface area contributed by atoms with Crippen LogP contribution in [0.4, 0.5) is 0 Å². The highest BCUT2D eigenvalue weighted by molar-refractivity contribution is 5.87. The van der Waals surface area contributed by atoms with E-state index in [-0.39, 0.29) is 5.91 Å². The Kier molecular flexibility index (Phi) is 3.95. The lowest BCUT2D eigenvalue weighted by atomic mass is 9.85. The zero-order chi connectivity index (χ0) is 11.3. The molecule has 0 aromatic heterocycles. The van der Waals surface area contributed by atoms with E-state index in [2.05, 4.69) is 5.32 Å². The Balaban J connectivity index is 2.82. The van der Waals surface area contributed by atoms with Crippen LogP contribution in [0.1, 0.15) is 33.1 Å². The lowest BCUT2D eigenvalue weighted by Gasteiger charge is -2.24. The lowest BCUT2D eigenvalue weighted by Crippen LogP contribution is -2.41. The molecule has 0 saturated carbocycles. The van der Waals surface area contributed by atoms with Crippen molar-refractivity contribution in [3.05, 3.63) is 23.9 Å². The van der Waals surface area contributed by atoms with Crippen LogP contribution in [-0.2, 0) is 4.79 Å². The zero-order valence-corrected chi connectivity index (χ0v) is 9.55. The van der Waals surface area contributed by atoms with Crippen LogP contribution in [0.5, 0.6) is 0 Å². The van der Waals surface area contributed by atoms with Crippen molar-refractivity contribution >= 4 is 5.91 Å². The molecule has 3 heteroatoms. The Bertz CT molecular complexity index is 294. The predicted molar refractivity (Wildman–Crippen MR) is 62.1 cm³/mol. The highest BCUT2D eigenvalue weighted by Gasteiger charge is 2.33. The topological polar surface area (TPSA) is 55.1 Å². The molecule has 1 aliphatic carbocycles. The smallest absolute Gasteiger partial charge is 0.235 e. The van der Waals surface area contributed by atoms with Crippen LogP contribution in [0.3, 0.4) is 0 Å². The van der Waals surface area contributed by atoms with Crippen LogP contribution in [-0.4, -0.2) is 12.5 Å². The molecule has 0 aromatic carbocycles. The summed E-state index contributed by atoms with van der Waals surface area (Å²) in [6.07, 6.45) is 8.70. The highest BCUT2D eigenvalue weighted by Crippen LogP contribution is 2.28. The maximum absolute atomic E-state index is 12.0. The van der Waals surface area contributed by atoms with Gasteiger partial charge in [0.1, 0.15) is 5.41 Å². The second-order valence-electron chi connectivity index (χ2n) is 4.10. The number of carbonyl (C=O) groups excluding carboxylic acids is 1. The number of hydrogen-bond acceptors (Lipinski definition) is 2. The van der Waals surface area contributed by atoms with E-state index in [9.17, 15) is 4.79 Å². The number of rotatable bonds is 3. The molecule has 0 aromatic rings. The van der Waals surface area contributed by atoms with Crippen LogP contribution in [0, 0.1) is 5.41 Å². The fourth-order valence-electron chi connectivity index (χ4n) is 1.59. The number of hydrogen-bond donors (Lipinski definition) is 2. The maximum atomic E-state index is 12.0. The quantitative estimate of drug-likeness (QED) is 0.694. The number of amides is 1. The predicted octanol–water partition coefficient (Wildman–Crippen LogP) is 1.71. The Morgan fingerprint density at radius 3 is 3.00 bits per heavy atom. The van der Waals surface area contributed by atoms with Gasteiger partial charge in [-0.15, -0.1) is 0 Å². The number of allylic oxidation sites excluding steroid dienone is 2. The molecule has 0 bridgehead atoms. The van der Waals surface area contributed by atoms with Gasteiger partial charge in [0.25, 0.3) is 0 Å². The summed E-state index contributed by atoms with van der Waals surface area (Å²) in [5.41, 5.74) is 5.93. The Hall–Kier alpha value is -1.25. The first-order valence-corrected chi connectivity index (χ1v) is 5.53. The van der Waals surface area contributed by atoms with Gasteiger partial charge in [0, 0.05) is 12.2 Å². The van der Waals surface area contributed by atoms with Gasteiger partial charge >= 0.3 is 0 Å². The molecule has 1 aliphatic rings. The Morgan fingerprint density at radius 1 is 1.60 bits per heavy atom. The maximum Gasteiger partial charge on any atom is 0.235 e. The van der Waals surface area contributed by atoms with Crippen molar-refractivity contribution in [1.82, 2.24) is 5.32 Å². The summed E-state index contributed by atoms with van der Waals surface area (Å²) in [7, 11) is 0. The minimum atomic E-state index is -0.661. The number of nitrogens with one attached hydrogen (secondary N) is 1. The highest BCUT2D eigenvalue weighted by atomic mass is 16.2. The second-order valence-corrected chi connectivity index (χ2v) is 4.10. The monoisotopic (exact) mass is 208 g/mol. The fourth-order valence-corrected chi connectivity index (χ4v) is 1.59. The molecule has 0 spiro atoms. The van der Waals surface area contributed by atoms with Gasteiger partial charge < -0.3 is 11.1 Å². The Labute approximate surface area is 91.4 Å². The summed E-state index contributed by atoms with van der Waals surface area (Å²) in [6, 6.07) is 0. The molecule has 1 atom stereocenters. The van der Waals surface area contributed by atoms with Gasteiger partial charge in [-0.25, -0.2) is 0 Å². The van der Waals surface area contributed by atoms with Crippen molar-refractivity contribution in [3.8, 4) is 0 Å². The summed E-state index contributed by atoms with van der Waals surface area (Å²) >= 11 is 0. The average molecular weight is 208 g/mol. The third kappa shape index (κ3) is 2.61. The standard InChI is InChI=1S/C12H20N2O/c1-3-9-14-11(15)12(2)8-6-4-5-7-10(12)13/h6-8H,3-5,9,13H2,1-2H3,(H,14,15). The third-order valence-electron chi connectivity index (χ3n) is 2.76. The first-order chi connectivity index (χ1) is 7.11. The van der Waals surface area contributed by atoms with Gasteiger partial charge in [0.05, 0.1) is 0 Å². The van der Waals surface area contributed by atoms with Gasteiger partial charge in [0.2, 0.25) is 5.91 Å². The molecule has 84 valence electrons.